The first-order valence-corrected chi connectivity index (χ1v) is 11.9. The summed E-state index contributed by atoms with van der Waals surface area (Å²) in [4.78, 5) is 34.4. The van der Waals surface area contributed by atoms with Crippen molar-refractivity contribution in [3.8, 4) is 5.75 Å². The minimum atomic E-state index is -0.215. The van der Waals surface area contributed by atoms with Gasteiger partial charge in [-0.3, -0.25) is 19.1 Å². The molecule has 178 valence electrons. The lowest BCUT2D eigenvalue weighted by Gasteiger charge is -2.34. The maximum absolute atomic E-state index is 13.1. The van der Waals surface area contributed by atoms with E-state index >= 15 is 0 Å². The normalized spacial score (nSPS) is 18.9. The number of amides is 1. The lowest BCUT2D eigenvalue weighted by Crippen LogP contribution is -2.41. The number of fused-ring (bicyclic) bond motifs is 2. The van der Waals surface area contributed by atoms with Crippen molar-refractivity contribution >= 4 is 16.8 Å². The Labute approximate surface area is 198 Å². The summed E-state index contributed by atoms with van der Waals surface area (Å²) in [5.41, 5.74) is 2.52. The largest absolute Gasteiger partial charge is 0.491 e. The van der Waals surface area contributed by atoms with E-state index in [1.54, 1.807) is 23.1 Å². The van der Waals surface area contributed by atoms with Crippen LogP contribution in [-0.2, 0) is 24.4 Å². The van der Waals surface area contributed by atoms with Gasteiger partial charge in [-0.25, -0.2) is 4.98 Å². The molecule has 2 aliphatic rings. The average molecular weight is 463 g/mol. The molecule has 1 aromatic heterocycles. The Kier molecular flexibility index (Phi) is 6.60. The van der Waals surface area contributed by atoms with E-state index in [4.69, 9.17) is 4.74 Å². The van der Waals surface area contributed by atoms with Gasteiger partial charge in [0.2, 0.25) is 5.91 Å². The van der Waals surface area contributed by atoms with Crippen LogP contribution in [0.15, 0.2) is 53.6 Å². The van der Waals surface area contributed by atoms with Gasteiger partial charge in [0.05, 0.1) is 30.4 Å². The highest BCUT2D eigenvalue weighted by atomic mass is 16.5. The fourth-order valence-electron chi connectivity index (χ4n) is 4.93. The molecule has 1 atom stereocenters. The molecule has 1 saturated heterocycles. The lowest BCUT2D eigenvalue weighted by atomic mass is 10.0. The molecule has 3 aromatic rings. The zero-order valence-corrected chi connectivity index (χ0v) is 19.2. The van der Waals surface area contributed by atoms with Crippen LogP contribution in [0.1, 0.15) is 30.4 Å². The molecule has 34 heavy (non-hydrogen) atoms. The number of benzene rings is 2. The highest BCUT2D eigenvalue weighted by Gasteiger charge is 2.24. The third-order valence-corrected chi connectivity index (χ3v) is 6.84. The summed E-state index contributed by atoms with van der Waals surface area (Å²) in [5.74, 6) is 0.651. The molecule has 2 aliphatic heterocycles. The van der Waals surface area contributed by atoms with Crippen LogP contribution in [-0.4, -0.2) is 62.7 Å². The Bertz CT molecular complexity index is 1240. The van der Waals surface area contributed by atoms with Gasteiger partial charge in [-0.15, -0.1) is 0 Å². The molecule has 5 rings (SSSR count). The van der Waals surface area contributed by atoms with Crippen LogP contribution < -0.4 is 10.3 Å². The fraction of sp³-hybridized carbons (Fsp3) is 0.423. The zero-order chi connectivity index (χ0) is 23.5. The number of aliphatic hydroxyl groups is 1. The van der Waals surface area contributed by atoms with E-state index in [-0.39, 0.29) is 30.7 Å². The molecule has 0 bridgehead atoms. The summed E-state index contributed by atoms with van der Waals surface area (Å²) in [6.45, 7) is 3.17. The standard InChI is InChI=1S/C26H30N4O4/c31-17-21-5-3-4-10-28(21)14-19-8-9-24-20(13-19)15-29(11-12-34-24)25(32)16-30-18-27-23-7-2-1-6-22(23)26(30)33/h1-2,6-9,13,18,21,31H,3-5,10-12,14-17H2. The van der Waals surface area contributed by atoms with Crippen molar-refractivity contribution in [2.24, 2.45) is 0 Å². The number of piperidine rings is 1. The van der Waals surface area contributed by atoms with Gasteiger partial charge in [-0.2, -0.15) is 0 Å². The molecule has 3 heterocycles. The second kappa shape index (κ2) is 9.95. The van der Waals surface area contributed by atoms with Gasteiger partial charge in [0.1, 0.15) is 18.9 Å². The molecule has 1 unspecified atom stereocenters. The third-order valence-electron chi connectivity index (χ3n) is 6.84. The lowest BCUT2D eigenvalue weighted by molar-refractivity contribution is -0.132. The summed E-state index contributed by atoms with van der Waals surface area (Å²) in [5, 5.41) is 10.2. The smallest absolute Gasteiger partial charge is 0.261 e. The Hall–Kier alpha value is -3.23. The van der Waals surface area contributed by atoms with E-state index in [1.807, 2.05) is 12.1 Å². The van der Waals surface area contributed by atoms with Crippen LogP contribution in [0.4, 0.5) is 0 Å². The van der Waals surface area contributed by atoms with Crippen molar-refractivity contribution in [1.82, 2.24) is 19.4 Å². The average Bonchev–Trinajstić information content (AvgIpc) is 3.08. The van der Waals surface area contributed by atoms with Crippen LogP contribution in [0.2, 0.25) is 0 Å². The number of hydrogen-bond donors (Lipinski definition) is 1. The molecule has 0 saturated carbocycles. The van der Waals surface area contributed by atoms with Gasteiger partial charge in [0, 0.05) is 24.7 Å². The molecule has 8 heteroatoms. The van der Waals surface area contributed by atoms with E-state index in [0.29, 0.717) is 30.6 Å². The molecule has 1 N–H and O–H groups in total. The number of rotatable bonds is 5. The van der Waals surface area contributed by atoms with E-state index < -0.39 is 0 Å². The highest BCUT2D eigenvalue weighted by molar-refractivity contribution is 5.79. The SMILES string of the molecule is O=C(Cn1cnc2ccccc2c1=O)N1CCOc2ccc(CN3CCCCC3CO)cc2C1. The molecule has 8 nitrogen and oxygen atoms in total. The predicted molar refractivity (Wildman–Crippen MR) is 128 cm³/mol. The molecule has 0 aliphatic carbocycles. The predicted octanol–water partition coefficient (Wildman–Crippen LogP) is 2.16. The molecule has 0 spiro atoms. The second-order valence-electron chi connectivity index (χ2n) is 9.10. The Balaban J connectivity index is 1.32. The number of ether oxygens (including phenoxy) is 1. The Morgan fingerprint density at radius 1 is 1.15 bits per heavy atom. The van der Waals surface area contributed by atoms with E-state index in [1.165, 1.54) is 10.9 Å². The van der Waals surface area contributed by atoms with Crippen molar-refractivity contribution < 1.29 is 14.6 Å². The number of likely N-dealkylation sites (tertiary alicyclic amines) is 1. The van der Waals surface area contributed by atoms with Gasteiger partial charge in [-0.05, 0) is 49.2 Å². The first-order valence-electron chi connectivity index (χ1n) is 11.9. The highest BCUT2D eigenvalue weighted by Crippen LogP contribution is 2.27. The Morgan fingerprint density at radius 2 is 2.03 bits per heavy atom. The van der Waals surface area contributed by atoms with Crippen molar-refractivity contribution in [2.75, 3.05) is 26.3 Å². The van der Waals surface area contributed by atoms with Crippen LogP contribution in [0.5, 0.6) is 5.75 Å². The summed E-state index contributed by atoms with van der Waals surface area (Å²) in [6, 6.07) is 13.5. The monoisotopic (exact) mass is 462 g/mol. The molecular formula is C26H30N4O4. The first-order chi connectivity index (χ1) is 16.6. The first kappa shape index (κ1) is 22.6. The fourth-order valence-corrected chi connectivity index (χ4v) is 4.93. The van der Waals surface area contributed by atoms with Gasteiger partial charge >= 0.3 is 0 Å². The summed E-state index contributed by atoms with van der Waals surface area (Å²) >= 11 is 0. The number of carbonyl (C=O) groups is 1. The number of aliphatic hydroxyl groups excluding tert-OH is 1. The number of carbonyl (C=O) groups excluding carboxylic acids is 1. The Morgan fingerprint density at radius 3 is 2.91 bits per heavy atom. The van der Waals surface area contributed by atoms with Gasteiger partial charge in [-0.1, -0.05) is 24.6 Å². The molecule has 0 radical (unpaired) electrons. The minimum Gasteiger partial charge on any atom is -0.491 e. The number of hydrogen-bond acceptors (Lipinski definition) is 6. The third kappa shape index (κ3) is 4.69. The van der Waals surface area contributed by atoms with Gasteiger partial charge in [0.25, 0.3) is 5.56 Å². The molecule has 1 amide bonds. The molecule has 1 fully saturated rings. The summed E-state index contributed by atoms with van der Waals surface area (Å²) in [7, 11) is 0. The van der Waals surface area contributed by atoms with Crippen molar-refractivity contribution in [3.05, 3.63) is 70.3 Å². The van der Waals surface area contributed by atoms with Crippen molar-refractivity contribution in [3.63, 3.8) is 0 Å². The van der Waals surface area contributed by atoms with Crippen LogP contribution >= 0.6 is 0 Å². The topological polar surface area (TPSA) is 87.9 Å². The maximum Gasteiger partial charge on any atom is 0.261 e. The second-order valence-corrected chi connectivity index (χ2v) is 9.10. The minimum absolute atomic E-state index is 0.0579. The number of para-hydroxylation sites is 1. The number of aromatic nitrogens is 2. The summed E-state index contributed by atoms with van der Waals surface area (Å²) < 4.78 is 7.29. The van der Waals surface area contributed by atoms with Crippen LogP contribution in [0.25, 0.3) is 10.9 Å². The van der Waals surface area contributed by atoms with Crippen molar-refractivity contribution in [1.29, 1.82) is 0 Å². The summed E-state index contributed by atoms with van der Waals surface area (Å²) in [6.07, 6.45) is 4.78. The van der Waals surface area contributed by atoms with Crippen LogP contribution in [0.3, 0.4) is 0 Å². The van der Waals surface area contributed by atoms with E-state index in [0.717, 1.165) is 49.2 Å². The van der Waals surface area contributed by atoms with E-state index in [9.17, 15) is 14.7 Å². The number of nitrogens with zero attached hydrogens (tertiary/aromatic N) is 4. The quantitative estimate of drug-likeness (QED) is 0.625. The van der Waals surface area contributed by atoms with Gasteiger partial charge in [0.15, 0.2) is 0 Å². The van der Waals surface area contributed by atoms with E-state index in [2.05, 4.69) is 22.0 Å². The van der Waals surface area contributed by atoms with Crippen LogP contribution in [0, 0.1) is 0 Å². The van der Waals surface area contributed by atoms with Gasteiger partial charge < -0.3 is 14.7 Å². The van der Waals surface area contributed by atoms with Crippen molar-refractivity contribution in [2.45, 2.75) is 44.9 Å². The molecular weight excluding hydrogens is 432 g/mol. The molecule has 2 aromatic carbocycles. The maximum atomic E-state index is 13.1. The zero-order valence-electron chi connectivity index (χ0n) is 19.2.